The van der Waals surface area contributed by atoms with E-state index in [-0.39, 0.29) is 19.4 Å². The molecular formula is C46H85O10P. The van der Waals surface area contributed by atoms with Crippen molar-refractivity contribution in [3.8, 4) is 0 Å². The molecule has 0 aromatic carbocycles. The fourth-order valence-corrected chi connectivity index (χ4v) is 6.98. The molecule has 0 bridgehead atoms. The first kappa shape index (κ1) is 55.2. The highest BCUT2D eigenvalue weighted by atomic mass is 31.2. The van der Waals surface area contributed by atoms with Crippen molar-refractivity contribution in [2.45, 2.75) is 219 Å². The maximum atomic E-state index is 12.6. The van der Waals surface area contributed by atoms with Gasteiger partial charge >= 0.3 is 19.8 Å². The smallest absolute Gasteiger partial charge is 0.462 e. The molecule has 10 nitrogen and oxygen atoms in total. The van der Waals surface area contributed by atoms with Crippen molar-refractivity contribution in [2.75, 3.05) is 26.4 Å². The van der Waals surface area contributed by atoms with Crippen molar-refractivity contribution in [1.82, 2.24) is 0 Å². The minimum atomic E-state index is -4.62. The summed E-state index contributed by atoms with van der Waals surface area (Å²) in [4.78, 5) is 35.0. The van der Waals surface area contributed by atoms with Crippen molar-refractivity contribution in [3.05, 3.63) is 36.5 Å². The van der Waals surface area contributed by atoms with Crippen LogP contribution >= 0.6 is 7.82 Å². The fourth-order valence-electron chi connectivity index (χ4n) is 6.19. The molecule has 334 valence electrons. The van der Waals surface area contributed by atoms with Gasteiger partial charge in [-0.05, 0) is 70.6 Å². The summed E-state index contributed by atoms with van der Waals surface area (Å²) in [6.07, 6.45) is 43.9. The topological polar surface area (TPSA) is 149 Å². The van der Waals surface area contributed by atoms with Gasteiger partial charge < -0.3 is 24.6 Å². The quantitative estimate of drug-likeness (QED) is 0.0235. The summed E-state index contributed by atoms with van der Waals surface area (Å²) in [7, 11) is -4.62. The molecule has 3 unspecified atom stereocenters. The Bertz CT molecular complexity index is 1050. The number of ether oxygens (including phenoxy) is 2. The molecule has 0 rings (SSSR count). The predicted molar refractivity (Wildman–Crippen MR) is 233 cm³/mol. The van der Waals surface area contributed by atoms with Crippen LogP contribution in [0.3, 0.4) is 0 Å². The van der Waals surface area contributed by atoms with Gasteiger partial charge in [-0.25, -0.2) is 4.57 Å². The number of phosphoric acid groups is 1. The van der Waals surface area contributed by atoms with Crippen LogP contribution in [0.1, 0.15) is 206 Å². The van der Waals surface area contributed by atoms with E-state index in [9.17, 15) is 24.2 Å². The summed E-state index contributed by atoms with van der Waals surface area (Å²) >= 11 is 0. The van der Waals surface area contributed by atoms with Crippen LogP contribution in [0, 0.1) is 0 Å². The van der Waals surface area contributed by atoms with Crippen LogP contribution in [0.15, 0.2) is 36.5 Å². The highest BCUT2D eigenvalue weighted by molar-refractivity contribution is 7.47. The summed E-state index contributed by atoms with van der Waals surface area (Å²) in [6.45, 7) is 2.36. The standard InChI is InChI=1S/C46H85O10P/c1-3-5-7-9-11-13-15-17-19-21-22-24-26-28-30-32-34-36-38-46(50)56-44(42-55-57(51,52)54-40-43(48)39-47)41-53-45(49)37-35-33-31-29-27-25-23-20-18-16-14-12-10-8-6-4-2/h13,15,19-21,23,43-44,47-48H,3-12,14,16-18,22,24-42H2,1-2H3,(H,51,52)/b15-13-,21-19-,23-20-. The molecule has 11 heteroatoms. The number of phosphoric ester groups is 1. The lowest BCUT2D eigenvalue weighted by Gasteiger charge is -2.20. The molecule has 0 heterocycles. The van der Waals surface area contributed by atoms with Crippen molar-refractivity contribution >= 4 is 19.8 Å². The minimum absolute atomic E-state index is 0.174. The van der Waals surface area contributed by atoms with Gasteiger partial charge in [0.15, 0.2) is 6.10 Å². The van der Waals surface area contributed by atoms with Crippen molar-refractivity contribution in [3.63, 3.8) is 0 Å². The lowest BCUT2D eigenvalue weighted by molar-refractivity contribution is -0.161. The maximum absolute atomic E-state index is 12.6. The summed E-state index contributed by atoms with van der Waals surface area (Å²) in [5, 5.41) is 18.3. The number of esters is 2. The third-order valence-corrected chi connectivity index (χ3v) is 10.7. The minimum Gasteiger partial charge on any atom is -0.462 e. The number of carbonyl (C=O) groups is 2. The first-order valence-electron chi connectivity index (χ1n) is 22.9. The van der Waals surface area contributed by atoms with Crippen LogP contribution in [0.25, 0.3) is 0 Å². The molecule has 0 radical (unpaired) electrons. The molecule has 57 heavy (non-hydrogen) atoms. The van der Waals surface area contributed by atoms with Gasteiger partial charge in [0.25, 0.3) is 0 Å². The maximum Gasteiger partial charge on any atom is 0.472 e. The average Bonchev–Trinajstić information content (AvgIpc) is 3.20. The van der Waals surface area contributed by atoms with E-state index < -0.39 is 51.8 Å². The molecule has 0 aromatic rings. The molecule has 0 aliphatic rings. The molecule has 0 saturated heterocycles. The normalized spacial score (nSPS) is 14.1. The van der Waals surface area contributed by atoms with Gasteiger partial charge in [0.1, 0.15) is 12.7 Å². The second-order valence-electron chi connectivity index (χ2n) is 15.4. The van der Waals surface area contributed by atoms with Crippen LogP contribution in [0.2, 0.25) is 0 Å². The van der Waals surface area contributed by atoms with Crippen molar-refractivity contribution in [1.29, 1.82) is 0 Å². The van der Waals surface area contributed by atoms with Crippen LogP contribution in [-0.2, 0) is 32.7 Å². The van der Waals surface area contributed by atoms with Crippen molar-refractivity contribution in [2.24, 2.45) is 0 Å². The molecule has 3 atom stereocenters. The van der Waals surface area contributed by atoms with Gasteiger partial charge in [0, 0.05) is 12.8 Å². The summed E-state index contributed by atoms with van der Waals surface area (Å²) in [5.41, 5.74) is 0. The molecule has 0 saturated carbocycles. The SMILES string of the molecule is CCCCCC/C=C\C/C=C\CCCCCCCCCC(=O)OC(COC(=O)CCCCCCC/C=C\CCCCCCCCC)COP(=O)(O)OCC(O)CO. The van der Waals surface area contributed by atoms with E-state index in [4.69, 9.17) is 23.6 Å². The average molecular weight is 829 g/mol. The Morgan fingerprint density at radius 2 is 0.912 bits per heavy atom. The van der Waals surface area contributed by atoms with Crippen LogP contribution in [-0.4, -0.2) is 65.7 Å². The zero-order valence-corrected chi connectivity index (χ0v) is 37.2. The monoisotopic (exact) mass is 829 g/mol. The molecule has 0 spiro atoms. The third-order valence-electron chi connectivity index (χ3n) is 9.77. The molecular weight excluding hydrogens is 743 g/mol. The zero-order valence-electron chi connectivity index (χ0n) is 36.3. The van der Waals surface area contributed by atoms with E-state index in [2.05, 4.69) is 50.3 Å². The van der Waals surface area contributed by atoms with E-state index in [0.29, 0.717) is 12.8 Å². The number of hydrogen-bond acceptors (Lipinski definition) is 9. The molecule has 0 aliphatic heterocycles. The number of rotatable bonds is 43. The van der Waals surface area contributed by atoms with Crippen molar-refractivity contribution < 1.29 is 47.8 Å². The first-order chi connectivity index (χ1) is 27.7. The third kappa shape index (κ3) is 42.1. The van der Waals surface area contributed by atoms with E-state index in [1.165, 1.54) is 96.3 Å². The summed E-state index contributed by atoms with van der Waals surface area (Å²) in [6, 6.07) is 0. The van der Waals surface area contributed by atoms with Gasteiger partial charge in [-0.2, -0.15) is 0 Å². The lowest BCUT2D eigenvalue weighted by Crippen LogP contribution is -2.29. The Hall–Kier alpha value is -1.81. The predicted octanol–water partition coefficient (Wildman–Crippen LogP) is 12.3. The van der Waals surface area contributed by atoms with E-state index in [1.54, 1.807) is 0 Å². The molecule has 0 fully saturated rings. The number of aliphatic hydroxyl groups excluding tert-OH is 2. The second-order valence-corrected chi connectivity index (χ2v) is 16.9. The fraction of sp³-hybridized carbons (Fsp3) is 0.826. The molecule has 0 aromatic heterocycles. The Kier molecular flexibility index (Phi) is 41.0. The zero-order chi connectivity index (χ0) is 41.9. The van der Waals surface area contributed by atoms with Gasteiger partial charge in [-0.1, -0.05) is 159 Å². The van der Waals surface area contributed by atoms with E-state index >= 15 is 0 Å². The summed E-state index contributed by atoms with van der Waals surface area (Å²) in [5.74, 6) is -0.940. The largest absolute Gasteiger partial charge is 0.472 e. The highest BCUT2D eigenvalue weighted by Gasteiger charge is 2.27. The number of allylic oxidation sites excluding steroid dienone is 6. The van der Waals surface area contributed by atoms with Gasteiger partial charge in [0.2, 0.25) is 0 Å². The molecule has 3 N–H and O–H groups in total. The Morgan fingerprint density at radius 1 is 0.526 bits per heavy atom. The Balaban J connectivity index is 4.28. The Morgan fingerprint density at radius 3 is 1.39 bits per heavy atom. The highest BCUT2D eigenvalue weighted by Crippen LogP contribution is 2.43. The number of aliphatic hydroxyl groups is 2. The summed E-state index contributed by atoms with van der Waals surface area (Å²) < 4.78 is 32.7. The van der Waals surface area contributed by atoms with Crippen LogP contribution in [0.4, 0.5) is 0 Å². The number of carbonyl (C=O) groups excluding carboxylic acids is 2. The first-order valence-corrected chi connectivity index (χ1v) is 24.4. The molecule has 0 aliphatic carbocycles. The van der Waals surface area contributed by atoms with Crippen LogP contribution < -0.4 is 0 Å². The van der Waals surface area contributed by atoms with E-state index in [1.807, 2.05) is 0 Å². The van der Waals surface area contributed by atoms with E-state index in [0.717, 1.165) is 70.6 Å². The number of hydrogen-bond donors (Lipinski definition) is 3. The van der Waals surface area contributed by atoms with Gasteiger partial charge in [0.05, 0.1) is 19.8 Å². The lowest BCUT2D eigenvalue weighted by atomic mass is 10.1. The van der Waals surface area contributed by atoms with Gasteiger partial charge in [-0.15, -0.1) is 0 Å². The molecule has 0 amide bonds. The Labute approximate surface area is 348 Å². The van der Waals surface area contributed by atoms with Crippen LogP contribution in [0.5, 0.6) is 0 Å². The second kappa shape index (κ2) is 42.3. The van der Waals surface area contributed by atoms with Gasteiger partial charge in [-0.3, -0.25) is 18.6 Å². The number of unbranched alkanes of at least 4 members (excludes halogenated alkanes) is 23.